The molecule has 0 spiro atoms. The number of amides is 1. The van der Waals surface area contributed by atoms with Crippen LogP contribution >= 0.6 is 0 Å². The highest BCUT2D eigenvalue weighted by Gasteiger charge is 2.27. The van der Waals surface area contributed by atoms with Crippen LogP contribution in [0.15, 0.2) is 29.8 Å². The fourth-order valence-electron chi connectivity index (χ4n) is 2.90. The summed E-state index contributed by atoms with van der Waals surface area (Å²) >= 11 is 0. The summed E-state index contributed by atoms with van der Waals surface area (Å²) in [5.74, 6) is -0.223. The van der Waals surface area contributed by atoms with E-state index in [4.69, 9.17) is 4.74 Å². The van der Waals surface area contributed by atoms with Crippen LogP contribution in [0.1, 0.15) is 45.7 Å². The van der Waals surface area contributed by atoms with Crippen LogP contribution in [0.4, 0.5) is 0 Å². The Labute approximate surface area is 144 Å². The standard InChI is InChI=1S/C20H26N2O2/c1-14-12-22(13-15(2)24-14)19(23)17(11-21)10-16-6-8-18(9-7-16)20(3,4)5/h6-10,14-15H,12-13H2,1-5H3/b17-10+/t14-,15+. The van der Waals surface area contributed by atoms with Gasteiger partial charge in [0.1, 0.15) is 11.6 Å². The van der Waals surface area contributed by atoms with Crippen molar-refractivity contribution in [2.45, 2.75) is 52.2 Å². The molecule has 4 nitrogen and oxygen atoms in total. The van der Waals surface area contributed by atoms with Crippen molar-refractivity contribution in [2.75, 3.05) is 13.1 Å². The number of benzene rings is 1. The van der Waals surface area contributed by atoms with E-state index in [1.807, 2.05) is 38.1 Å². The van der Waals surface area contributed by atoms with Gasteiger partial charge in [0.15, 0.2) is 0 Å². The molecule has 128 valence electrons. The zero-order valence-corrected chi connectivity index (χ0v) is 15.2. The van der Waals surface area contributed by atoms with Crippen LogP contribution in [0.25, 0.3) is 6.08 Å². The number of carbonyl (C=O) groups excluding carboxylic acids is 1. The van der Waals surface area contributed by atoms with Gasteiger partial charge in [-0.2, -0.15) is 5.26 Å². The van der Waals surface area contributed by atoms with Crippen molar-refractivity contribution in [1.82, 2.24) is 4.90 Å². The lowest BCUT2D eigenvalue weighted by atomic mass is 9.86. The van der Waals surface area contributed by atoms with Gasteiger partial charge < -0.3 is 9.64 Å². The lowest BCUT2D eigenvalue weighted by Crippen LogP contribution is -2.48. The maximum Gasteiger partial charge on any atom is 0.264 e. The number of morpholine rings is 1. The van der Waals surface area contributed by atoms with Crippen molar-refractivity contribution in [1.29, 1.82) is 5.26 Å². The van der Waals surface area contributed by atoms with Gasteiger partial charge in [0.25, 0.3) is 5.91 Å². The molecule has 1 fully saturated rings. The topological polar surface area (TPSA) is 53.3 Å². The van der Waals surface area contributed by atoms with Crippen molar-refractivity contribution in [3.8, 4) is 6.07 Å². The Morgan fingerprint density at radius 1 is 1.21 bits per heavy atom. The summed E-state index contributed by atoms with van der Waals surface area (Å²) in [6.07, 6.45) is 1.65. The number of hydrogen-bond acceptors (Lipinski definition) is 3. The number of nitrogens with zero attached hydrogens (tertiary/aromatic N) is 2. The zero-order valence-electron chi connectivity index (χ0n) is 15.2. The number of rotatable bonds is 2. The van der Waals surface area contributed by atoms with Gasteiger partial charge in [0.2, 0.25) is 0 Å². The molecular formula is C20H26N2O2. The predicted molar refractivity (Wildman–Crippen MR) is 95.3 cm³/mol. The van der Waals surface area contributed by atoms with Crippen LogP contribution in [0, 0.1) is 11.3 Å². The molecule has 0 aromatic heterocycles. The molecule has 1 aromatic rings. The van der Waals surface area contributed by atoms with Crippen molar-refractivity contribution < 1.29 is 9.53 Å². The first-order valence-electron chi connectivity index (χ1n) is 8.38. The minimum absolute atomic E-state index is 0.0105. The van der Waals surface area contributed by atoms with Crippen LogP contribution in [0.5, 0.6) is 0 Å². The second-order valence-electron chi connectivity index (χ2n) is 7.51. The Balaban J connectivity index is 2.20. The molecule has 0 aliphatic carbocycles. The molecular weight excluding hydrogens is 300 g/mol. The van der Waals surface area contributed by atoms with E-state index in [0.717, 1.165) is 5.56 Å². The highest BCUT2D eigenvalue weighted by atomic mass is 16.5. The number of hydrogen-bond donors (Lipinski definition) is 0. The average Bonchev–Trinajstić information content (AvgIpc) is 2.50. The van der Waals surface area contributed by atoms with Crippen LogP contribution in [-0.2, 0) is 14.9 Å². The van der Waals surface area contributed by atoms with Gasteiger partial charge >= 0.3 is 0 Å². The second-order valence-corrected chi connectivity index (χ2v) is 7.51. The molecule has 1 aliphatic heterocycles. The Morgan fingerprint density at radius 3 is 2.21 bits per heavy atom. The van der Waals surface area contributed by atoms with Gasteiger partial charge in [0, 0.05) is 13.1 Å². The molecule has 0 unspecified atom stereocenters. The molecule has 2 rings (SSSR count). The molecule has 24 heavy (non-hydrogen) atoms. The molecule has 1 heterocycles. The van der Waals surface area contributed by atoms with Crippen LogP contribution in [0.2, 0.25) is 0 Å². The molecule has 4 heteroatoms. The van der Waals surface area contributed by atoms with Crippen LogP contribution in [-0.4, -0.2) is 36.1 Å². The number of nitriles is 1. The third kappa shape index (κ3) is 4.46. The normalized spacial score (nSPS) is 22.2. The Bertz CT molecular complexity index is 652. The van der Waals surface area contributed by atoms with E-state index in [0.29, 0.717) is 13.1 Å². The lowest BCUT2D eigenvalue weighted by Gasteiger charge is -2.35. The molecule has 1 aliphatic rings. The first-order chi connectivity index (χ1) is 11.2. The molecule has 0 bridgehead atoms. The average molecular weight is 326 g/mol. The van der Waals surface area contributed by atoms with E-state index < -0.39 is 0 Å². The summed E-state index contributed by atoms with van der Waals surface area (Å²) < 4.78 is 5.65. The zero-order chi connectivity index (χ0) is 17.9. The van der Waals surface area contributed by atoms with E-state index in [9.17, 15) is 10.1 Å². The fourth-order valence-corrected chi connectivity index (χ4v) is 2.90. The molecule has 1 amide bonds. The summed E-state index contributed by atoms with van der Waals surface area (Å²) in [5.41, 5.74) is 2.33. The Morgan fingerprint density at radius 2 is 1.75 bits per heavy atom. The maximum absolute atomic E-state index is 12.6. The van der Waals surface area contributed by atoms with E-state index >= 15 is 0 Å². The summed E-state index contributed by atoms with van der Waals surface area (Å²) in [4.78, 5) is 14.3. The largest absolute Gasteiger partial charge is 0.372 e. The van der Waals surface area contributed by atoms with Crippen LogP contribution < -0.4 is 0 Å². The molecule has 1 saturated heterocycles. The molecule has 0 saturated carbocycles. The van der Waals surface area contributed by atoms with Gasteiger partial charge in [-0.15, -0.1) is 0 Å². The lowest BCUT2D eigenvalue weighted by molar-refractivity contribution is -0.138. The quantitative estimate of drug-likeness (QED) is 0.617. The van der Waals surface area contributed by atoms with E-state index in [2.05, 4.69) is 26.8 Å². The molecule has 0 radical (unpaired) electrons. The smallest absolute Gasteiger partial charge is 0.264 e. The Hall–Kier alpha value is -2.12. The highest BCUT2D eigenvalue weighted by Crippen LogP contribution is 2.23. The number of carbonyl (C=O) groups is 1. The number of ether oxygens (including phenoxy) is 1. The van der Waals surface area contributed by atoms with Crippen molar-refractivity contribution in [3.63, 3.8) is 0 Å². The minimum Gasteiger partial charge on any atom is -0.372 e. The fraction of sp³-hybridized carbons (Fsp3) is 0.500. The van der Waals surface area contributed by atoms with Gasteiger partial charge in [0.05, 0.1) is 12.2 Å². The first-order valence-corrected chi connectivity index (χ1v) is 8.38. The second kappa shape index (κ2) is 7.19. The first kappa shape index (κ1) is 18.2. The summed E-state index contributed by atoms with van der Waals surface area (Å²) in [7, 11) is 0. The van der Waals surface area contributed by atoms with Gasteiger partial charge in [-0.05, 0) is 36.5 Å². The SMILES string of the molecule is C[C@@H]1CN(C(=O)/C(C#N)=C/c2ccc(C(C)(C)C)cc2)C[C@H](C)O1. The van der Waals surface area contributed by atoms with E-state index in [1.54, 1.807) is 11.0 Å². The van der Waals surface area contributed by atoms with Crippen molar-refractivity contribution in [3.05, 3.63) is 41.0 Å². The summed E-state index contributed by atoms with van der Waals surface area (Å²) in [6, 6.07) is 10.1. The Kier molecular flexibility index (Phi) is 5.46. The molecule has 1 aromatic carbocycles. The van der Waals surface area contributed by atoms with Gasteiger partial charge in [-0.3, -0.25) is 4.79 Å². The monoisotopic (exact) mass is 326 g/mol. The maximum atomic E-state index is 12.6. The molecule has 0 N–H and O–H groups in total. The predicted octanol–water partition coefficient (Wildman–Crippen LogP) is 3.53. The summed E-state index contributed by atoms with van der Waals surface area (Å²) in [6.45, 7) is 11.4. The summed E-state index contributed by atoms with van der Waals surface area (Å²) in [5, 5.41) is 9.41. The van der Waals surface area contributed by atoms with E-state index in [-0.39, 0.29) is 29.1 Å². The van der Waals surface area contributed by atoms with Crippen molar-refractivity contribution >= 4 is 12.0 Å². The third-order valence-corrected chi connectivity index (χ3v) is 4.15. The molecule has 2 atom stereocenters. The highest BCUT2D eigenvalue weighted by molar-refractivity contribution is 6.01. The van der Waals surface area contributed by atoms with Crippen molar-refractivity contribution in [2.24, 2.45) is 0 Å². The van der Waals surface area contributed by atoms with Gasteiger partial charge in [-0.25, -0.2) is 0 Å². The third-order valence-electron chi connectivity index (χ3n) is 4.15. The minimum atomic E-state index is -0.223. The van der Waals surface area contributed by atoms with E-state index in [1.165, 1.54) is 5.56 Å². The van der Waals surface area contributed by atoms with Crippen LogP contribution in [0.3, 0.4) is 0 Å². The van der Waals surface area contributed by atoms with Gasteiger partial charge in [-0.1, -0.05) is 45.0 Å².